The van der Waals surface area contributed by atoms with Gasteiger partial charge in [-0.25, -0.2) is 4.79 Å². The minimum atomic E-state index is -0.961. The van der Waals surface area contributed by atoms with Gasteiger partial charge in [-0.2, -0.15) is 4.39 Å². The van der Waals surface area contributed by atoms with E-state index in [1.54, 1.807) is 12.1 Å². The zero-order valence-electron chi connectivity index (χ0n) is 6.58. The van der Waals surface area contributed by atoms with Gasteiger partial charge in [-0.05, 0) is 24.3 Å². The zero-order chi connectivity index (χ0) is 9.42. The van der Waals surface area contributed by atoms with Crippen LogP contribution in [0.25, 0.3) is 11.0 Å². The third-order valence-electron chi connectivity index (χ3n) is 1.71. The molecule has 0 fully saturated rings. The second-order valence-corrected chi connectivity index (χ2v) is 2.68. The number of hydrogen-bond acceptors (Lipinski definition) is 3. The van der Waals surface area contributed by atoms with Crippen LogP contribution in [-0.2, 0) is 0 Å². The SMILES string of the molecule is Nc1ccc2oc(=O)c(F)cc2c1. The van der Waals surface area contributed by atoms with Gasteiger partial charge >= 0.3 is 5.63 Å². The second-order valence-electron chi connectivity index (χ2n) is 2.68. The van der Waals surface area contributed by atoms with E-state index >= 15 is 0 Å². The molecular weight excluding hydrogens is 173 g/mol. The number of hydrogen-bond donors (Lipinski definition) is 1. The molecule has 0 radical (unpaired) electrons. The summed E-state index contributed by atoms with van der Waals surface area (Å²) in [6, 6.07) is 5.77. The average Bonchev–Trinajstić information content (AvgIpc) is 2.08. The lowest BCUT2D eigenvalue weighted by Gasteiger charge is -1.97. The zero-order valence-corrected chi connectivity index (χ0v) is 6.58. The molecule has 13 heavy (non-hydrogen) atoms. The number of benzene rings is 1. The van der Waals surface area contributed by atoms with E-state index in [9.17, 15) is 9.18 Å². The molecule has 1 aromatic heterocycles. The molecule has 0 atom stereocenters. The van der Waals surface area contributed by atoms with Crippen LogP contribution in [0.4, 0.5) is 10.1 Å². The molecule has 1 heterocycles. The lowest BCUT2D eigenvalue weighted by Crippen LogP contribution is -2.03. The van der Waals surface area contributed by atoms with Crippen LogP contribution in [0.5, 0.6) is 0 Å². The Morgan fingerprint density at radius 3 is 2.85 bits per heavy atom. The quantitative estimate of drug-likeness (QED) is 0.492. The predicted octanol–water partition coefficient (Wildman–Crippen LogP) is 1.51. The van der Waals surface area contributed by atoms with Crippen LogP contribution < -0.4 is 11.4 Å². The molecule has 0 saturated heterocycles. The molecule has 2 N–H and O–H groups in total. The molecule has 4 heteroatoms. The van der Waals surface area contributed by atoms with E-state index in [-0.39, 0.29) is 0 Å². The number of nitrogen functional groups attached to an aromatic ring is 1. The van der Waals surface area contributed by atoms with Crippen molar-refractivity contribution in [3.05, 3.63) is 40.5 Å². The Bertz CT molecular complexity index is 518. The van der Waals surface area contributed by atoms with Crippen LogP contribution in [0.15, 0.2) is 33.5 Å². The standard InChI is InChI=1S/C9H6FNO2/c10-7-4-5-3-6(11)1-2-8(5)13-9(7)12/h1-4H,11H2. The Morgan fingerprint density at radius 1 is 1.31 bits per heavy atom. The van der Waals surface area contributed by atoms with E-state index in [0.717, 1.165) is 6.07 Å². The van der Waals surface area contributed by atoms with Gasteiger partial charge < -0.3 is 10.2 Å². The third kappa shape index (κ3) is 1.26. The van der Waals surface area contributed by atoms with Crippen molar-refractivity contribution >= 4 is 16.7 Å². The van der Waals surface area contributed by atoms with Crippen LogP contribution in [0, 0.1) is 5.82 Å². The van der Waals surface area contributed by atoms with Crippen molar-refractivity contribution in [3.8, 4) is 0 Å². The van der Waals surface area contributed by atoms with Crippen LogP contribution in [0.2, 0.25) is 0 Å². The van der Waals surface area contributed by atoms with E-state index in [1.807, 2.05) is 0 Å². The summed E-state index contributed by atoms with van der Waals surface area (Å²) in [5, 5.41) is 0.483. The Hall–Kier alpha value is -1.84. The highest BCUT2D eigenvalue weighted by molar-refractivity contribution is 5.79. The summed E-state index contributed by atoms with van der Waals surface area (Å²) in [6.07, 6.45) is 0. The van der Waals surface area contributed by atoms with Crippen molar-refractivity contribution in [2.45, 2.75) is 0 Å². The molecule has 0 aliphatic rings. The first kappa shape index (κ1) is 7.79. The lowest BCUT2D eigenvalue weighted by molar-refractivity contribution is 0.487. The Morgan fingerprint density at radius 2 is 2.08 bits per heavy atom. The maximum absolute atomic E-state index is 12.7. The monoisotopic (exact) mass is 179 g/mol. The molecule has 0 aliphatic heterocycles. The van der Waals surface area contributed by atoms with E-state index in [4.69, 9.17) is 5.73 Å². The molecule has 1 aromatic carbocycles. The number of nitrogens with two attached hydrogens (primary N) is 1. The summed E-state index contributed by atoms with van der Waals surface area (Å²) in [6.45, 7) is 0. The maximum atomic E-state index is 12.7. The summed E-state index contributed by atoms with van der Waals surface area (Å²) in [4.78, 5) is 10.7. The van der Waals surface area contributed by atoms with E-state index in [1.165, 1.54) is 6.07 Å². The third-order valence-corrected chi connectivity index (χ3v) is 1.71. The predicted molar refractivity (Wildman–Crippen MR) is 46.9 cm³/mol. The van der Waals surface area contributed by atoms with Gasteiger partial charge in [0.1, 0.15) is 5.58 Å². The molecule has 0 bridgehead atoms. The molecular formula is C9H6FNO2. The Labute approximate surface area is 72.6 Å². The second kappa shape index (κ2) is 2.58. The van der Waals surface area contributed by atoms with Gasteiger partial charge in [-0.1, -0.05) is 0 Å². The summed E-state index contributed by atoms with van der Waals surface area (Å²) in [5.41, 5.74) is 5.34. The van der Waals surface area contributed by atoms with E-state index < -0.39 is 11.4 Å². The van der Waals surface area contributed by atoms with Crippen LogP contribution in [0.1, 0.15) is 0 Å². The summed E-state index contributed by atoms with van der Waals surface area (Å²) in [5.74, 6) is -0.905. The van der Waals surface area contributed by atoms with Crippen molar-refractivity contribution < 1.29 is 8.81 Å². The number of rotatable bonds is 0. The van der Waals surface area contributed by atoms with Crippen molar-refractivity contribution in [3.63, 3.8) is 0 Å². The highest BCUT2D eigenvalue weighted by Crippen LogP contribution is 2.15. The fourth-order valence-electron chi connectivity index (χ4n) is 1.12. The van der Waals surface area contributed by atoms with E-state index in [0.29, 0.717) is 16.7 Å². The molecule has 2 aromatic rings. The fraction of sp³-hybridized carbons (Fsp3) is 0. The Balaban J connectivity index is 2.89. The first-order chi connectivity index (χ1) is 6.16. The first-order valence-electron chi connectivity index (χ1n) is 3.66. The highest BCUT2D eigenvalue weighted by atomic mass is 19.1. The molecule has 2 rings (SSSR count). The van der Waals surface area contributed by atoms with Gasteiger partial charge in [-0.15, -0.1) is 0 Å². The van der Waals surface area contributed by atoms with Crippen molar-refractivity contribution in [1.82, 2.24) is 0 Å². The van der Waals surface area contributed by atoms with Crippen molar-refractivity contribution in [1.29, 1.82) is 0 Å². The van der Waals surface area contributed by atoms with Gasteiger partial charge in [0.15, 0.2) is 0 Å². The average molecular weight is 179 g/mol. The molecule has 0 spiro atoms. The first-order valence-corrected chi connectivity index (χ1v) is 3.66. The van der Waals surface area contributed by atoms with Crippen LogP contribution in [-0.4, -0.2) is 0 Å². The number of anilines is 1. The molecule has 66 valence electrons. The van der Waals surface area contributed by atoms with Gasteiger partial charge in [0.25, 0.3) is 0 Å². The molecule has 3 nitrogen and oxygen atoms in total. The van der Waals surface area contributed by atoms with E-state index in [2.05, 4.69) is 4.42 Å². The van der Waals surface area contributed by atoms with Gasteiger partial charge in [0.05, 0.1) is 0 Å². The normalized spacial score (nSPS) is 10.5. The van der Waals surface area contributed by atoms with Crippen molar-refractivity contribution in [2.24, 2.45) is 0 Å². The van der Waals surface area contributed by atoms with Crippen LogP contribution >= 0.6 is 0 Å². The topological polar surface area (TPSA) is 56.2 Å². The fourth-order valence-corrected chi connectivity index (χ4v) is 1.12. The van der Waals surface area contributed by atoms with Crippen LogP contribution in [0.3, 0.4) is 0 Å². The summed E-state index contributed by atoms with van der Waals surface area (Å²) < 4.78 is 17.4. The maximum Gasteiger partial charge on any atom is 0.372 e. The highest BCUT2D eigenvalue weighted by Gasteiger charge is 2.03. The lowest BCUT2D eigenvalue weighted by atomic mass is 10.2. The molecule has 0 aliphatic carbocycles. The summed E-state index contributed by atoms with van der Waals surface area (Å²) in [7, 11) is 0. The Kier molecular flexibility index (Phi) is 1.55. The molecule has 0 saturated carbocycles. The number of fused-ring (bicyclic) bond motifs is 1. The molecule has 0 unspecified atom stereocenters. The summed E-state index contributed by atoms with van der Waals surface area (Å²) >= 11 is 0. The van der Waals surface area contributed by atoms with Gasteiger partial charge in [0.2, 0.25) is 5.82 Å². The minimum absolute atomic E-state index is 0.334. The van der Waals surface area contributed by atoms with Gasteiger partial charge in [0, 0.05) is 11.1 Å². The minimum Gasteiger partial charge on any atom is -0.421 e. The number of halogens is 1. The molecule has 0 amide bonds. The van der Waals surface area contributed by atoms with Gasteiger partial charge in [-0.3, -0.25) is 0 Å². The largest absolute Gasteiger partial charge is 0.421 e. The smallest absolute Gasteiger partial charge is 0.372 e. The van der Waals surface area contributed by atoms with Crippen molar-refractivity contribution in [2.75, 3.05) is 5.73 Å².